The molecule has 27 heavy (non-hydrogen) atoms. The summed E-state index contributed by atoms with van der Waals surface area (Å²) in [6.07, 6.45) is 2.42. The highest BCUT2D eigenvalue weighted by atomic mass is 127. The number of hydrogen-bond acceptors (Lipinski definition) is 4. The zero-order chi connectivity index (χ0) is 18.6. The van der Waals surface area contributed by atoms with Gasteiger partial charge in [0.25, 0.3) is 0 Å². The molecule has 0 bridgehead atoms. The first-order chi connectivity index (χ1) is 12.7. The minimum absolute atomic E-state index is 0. The number of anilines is 1. The van der Waals surface area contributed by atoms with Crippen molar-refractivity contribution in [3.63, 3.8) is 0 Å². The molecule has 1 aliphatic heterocycles. The third-order valence-electron chi connectivity index (χ3n) is 4.21. The minimum atomic E-state index is 0. The van der Waals surface area contributed by atoms with Crippen LogP contribution in [0.3, 0.4) is 0 Å². The van der Waals surface area contributed by atoms with Crippen molar-refractivity contribution in [3.05, 3.63) is 29.8 Å². The number of carbonyl (C=O) groups excluding carboxylic acids is 1. The molecule has 0 atom stereocenters. The van der Waals surface area contributed by atoms with Gasteiger partial charge >= 0.3 is 0 Å². The third-order valence-corrected chi connectivity index (χ3v) is 4.21. The van der Waals surface area contributed by atoms with Crippen LogP contribution in [0.5, 0.6) is 0 Å². The molecule has 4 N–H and O–H groups in total. The summed E-state index contributed by atoms with van der Waals surface area (Å²) < 4.78 is 5.34. The number of amides is 1. The number of nitrogens with zero attached hydrogens (tertiary/aromatic N) is 2. The summed E-state index contributed by atoms with van der Waals surface area (Å²) in [5.41, 5.74) is 7.78. The van der Waals surface area contributed by atoms with E-state index in [4.69, 9.17) is 10.5 Å². The lowest BCUT2D eigenvalue weighted by Gasteiger charge is -2.26. The lowest BCUT2D eigenvalue weighted by molar-refractivity contribution is -0.116. The van der Waals surface area contributed by atoms with Crippen molar-refractivity contribution in [1.29, 1.82) is 0 Å². The number of carbonyl (C=O) groups is 1. The van der Waals surface area contributed by atoms with Gasteiger partial charge in [0.2, 0.25) is 5.91 Å². The largest absolute Gasteiger partial charge is 0.379 e. The quantitative estimate of drug-likeness (QED) is 0.214. The Morgan fingerprint density at radius 3 is 2.63 bits per heavy atom. The first-order valence-corrected chi connectivity index (χ1v) is 9.40. The molecule has 0 spiro atoms. The summed E-state index contributed by atoms with van der Waals surface area (Å²) in [5.74, 6) is 0.510. The van der Waals surface area contributed by atoms with Gasteiger partial charge in [-0.3, -0.25) is 9.69 Å². The van der Waals surface area contributed by atoms with Crippen LogP contribution in [-0.2, 0) is 16.1 Å². The van der Waals surface area contributed by atoms with Crippen molar-refractivity contribution in [1.82, 2.24) is 10.2 Å². The monoisotopic (exact) mass is 489 g/mol. The molecule has 0 unspecified atom stereocenters. The number of nitrogens with one attached hydrogen (secondary N) is 2. The van der Waals surface area contributed by atoms with Crippen molar-refractivity contribution in [2.75, 3.05) is 44.7 Å². The Morgan fingerprint density at radius 2 is 1.96 bits per heavy atom. The van der Waals surface area contributed by atoms with E-state index >= 15 is 0 Å². The van der Waals surface area contributed by atoms with E-state index in [9.17, 15) is 4.79 Å². The second kappa shape index (κ2) is 13.7. The molecular formula is C19H32IN5O2. The van der Waals surface area contributed by atoms with Crippen LogP contribution in [0.2, 0.25) is 0 Å². The van der Waals surface area contributed by atoms with Crippen molar-refractivity contribution < 1.29 is 9.53 Å². The molecule has 1 heterocycles. The van der Waals surface area contributed by atoms with Crippen LogP contribution in [-0.4, -0.2) is 56.2 Å². The summed E-state index contributed by atoms with van der Waals surface area (Å²) in [5, 5.41) is 6.03. The van der Waals surface area contributed by atoms with E-state index in [1.165, 1.54) is 0 Å². The maximum absolute atomic E-state index is 11.6. The SMILES string of the molecule is CCCC(=O)Nc1ccc(CN=C(N)NCCCN2CCOCC2)cc1.I. The lowest BCUT2D eigenvalue weighted by Crippen LogP contribution is -2.39. The van der Waals surface area contributed by atoms with E-state index in [2.05, 4.69) is 20.5 Å². The van der Waals surface area contributed by atoms with Gasteiger partial charge in [0, 0.05) is 31.7 Å². The molecule has 152 valence electrons. The number of benzene rings is 1. The fraction of sp³-hybridized carbons (Fsp3) is 0.579. The van der Waals surface area contributed by atoms with Crippen molar-refractivity contribution in [2.45, 2.75) is 32.7 Å². The second-order valence-electron chi connectivity index (χ2n) is 6.43. The number of aliphatic imine (C=N–C) groups is 1. The number of nitrogens with two attached hydrogens (primary N) is 1. The average Bonchev–Trinajstić information content (AvgIpc) is 2.66. The van der Waals surface area contributed by atoms with Gasteiger partial charge in [-0.15, -0.1) is 24.0 Å². The van der Waals surface area contributed by atoms with Crippen LogP contribution in [0.1, 0.15) is 31.7 Å². The molecule has 0 radical (unpaired) electrons. The predicted octanol–water partition coefficient (Wildman–Crippen LogP) is 2.17. The molecule has 0 saturated carbocycles. The Hall–Kier alpha value is -1.39. The number of guanidine groups is 1. The Kier molecular flexibility index (Phi) is 12.0. The Labute approximate surface area is 179 Å². The summed E-state index contributed by atoms with van der Waals surface area (Å²) in [4.78, 5) is 18.3. The van der Waals surface area contributed by atoms with Gasteiger partial charge in [-0.05, 0) is 37.1 Å². The maximum Gasteiger partial charge on any atom is 0.224 e. The number of halogens is 1. The highest BCUT2D eigenvalue weighted by Crippen LogP contribution is 2.11. The van der Waals surface area contributed by atoms with Gasteiger partial charge in [-0.1, -0.05) is 19.1 Å². The minimum Gasteiger partial charge on any atom is -0.379 e. The van der Waals surface area contributed by atoms with Gasteiger partial charge in [-0.25, -0.2) is 4.99 Å². The molecule has 0 aromatic heterocycles. The van der Waals surface area contributed by atoms with E-state index in [-0.39, 0.29) is 29.9 Å². The van der Waals surface area contributed by atoms with Gasteiger partial charge in [0.1, 0.15) is 0 Å². The molecule has 1 aromatic carbocycles. The second-order valence-corrected chi connectivity index (χ2v) is 6.43. The summed E-state index contributed by atoms with van der Waals surface area (Å²) in [6, 6.07) is 7.70. The van der Waals surface area contributed by atoms with Crippen LogP contribution in [0.4, 0.5) is 5.69 Å². The van der Waals surface area contributed by atoms with Gasteiger partial charge in [0.05, 0.1) is 19.8 Å². The average molecular weight is 489 g/mol. The molecule has 2 rings (SSSR count). The number of rotatable bonds is 9. The zero-order valence-electron chi connectivity index (χ0n) is 16.1. The summed E-state index contributed by atoms with van der Waals surface area (Å²) in [6.45, 7) is 8.06. The molecule has 1 saturated heterocycles. The number of ether oxygens (including phenoxy) is 1. The van der Waals surface area contributed by atoms with E-state index in [1.807, 2.05) is 31.2 Å². The standard InChI is InChI=1S/C19H31N5O2.HI/c1-2-4-18(25)23-17-7-5-16(6-8-17)15-22-19(20)21-9-3-10-24-11-13-26-14-12-24;/h5-8H,2-4,9-15H2,1H3,(H,23,25)(H3,20,21,22);1H. The normalized spacial score (nSPS) is 15.1. The van der Waals surface area contributed by atoms with Crippen molar-refractivity contribution in [2.24, 2.45) is 10.7 Å². The third kappa shape index (κ3) is 9.92. The van der Waals surface area contributed by atoms with E-state index in [1.54, 1.807) is 0 Å². The van der Waals surface area contributed by atoms with Gasteiger partial charge in [0.15, 0.2) is 5.96 Å². The maximum atomic E-state index is 11.6. The Balaban J connectivity index is 0.00000364. The Morgan fingerprint density at radius 1 is 1.26 bits per heavy atom. The van der Waals surface area contributed by atoms with Crippen LogP contribution in [0, 0.1) is 0 Å². The molecule has 1 aromatic rings. The van der Waals surface area contributed by atoms with E-state index < -0.39 is 0 Å². The molecule has 8 heteroatoms. The first-order valence-electron chi connectivity index (χ1n) is 9.40. The lowest BCUT2D eigenvalue weighted by atomic mass is 10.2. The highest BCUT2D eigenvalue weighted by Gasteiger charge is 2.09. The van der Waals surface area contributed by atoms with Crippen LogP contribution < -0.4 is 16.4 Å². The first kappa shape index (κ1) is 23.6. The molecule has 0 aliphatic carbocycles. The summed E-state index contributed by atoms with van der Waals surface area (Å²) in [7, 11) is 0. The number of morpholine rings is 1. The number of hydrogen-bond donors (Lipinski definition) is 3. The fourth-order valence-electron chi connectivity index (χ4n) is 2.72. The summed E-state index contributed by atoms with van der Waals surface area (Å²) >= 11 is 0. The van der Waals surface area contributed by atoms with Gasteiger partial charge < -0.3 is 21.1 Å². The van der Waals surface area contributed by atoms with Crippen LogP contribution >= 0.6 is 24.0 Å². The zero-order valence-corrected chi connectivity index (χ0v) is 18.4. The van der Waals surface area contributed by atoms with Crippen molar-refractivity contribution >= 4 is 41.5 Å². The molecule has 1 amide bonds. The Bertz CT molecular complexity index is 574. The molecular weight excluding hydrogens is 457 g/mol. The van der Waals surface area contributed by atoms with E-state index in [0.29, 0.717) is 18.9 Å². The smallest absolute Gasteiger partial charge is 0.224 e. The van der Waals surface area contributed by atoms with Crippen LogP contribution in [0.25, 0.3) is 0 Å². The molecule has 1 aliphatic rings. The highest BCUT2D eigenvalue weighted by molar-refractivity contribution is 14.0. The molecule has 7 nitrogen and oxygen atoms in total. The topological polar surface area (TPSA) is 92.0 Å². The van der Waals surface area contributed by atoms with E-state index in [0.717, 1.165) is 63.5 Å². The predicted molar refractivity (Wildman–Crippen MR) is 121 cm³/mol. The van der Waals surface area contributed by atoms with Gasteiger partial charge in [-0.2, -0.15) is 0 Å². The van der Waals surface area contributed by atoms with Crippen molar-refractivity contribution in [3.8, 4) is 0 Å². The van der Waals surface area contributed by atoms with Crippen LogP contribution in [0.15, 0.2) is 29.3 Å². The molecule has 1 fully saturated rings. The fourth-order valence-corrected chi connectivity index (χ4v) is 2.72.